The molecule has 0 fully saturated rings. The van der Waals surface area contributed by atoms with Crippen molar-refractivity contribution in [3.8, 4) is 0 Å². The molecule has 114 valence electrons. The number of aryl methyl sites for hydroxylation is 1. The van der Waals surface area contributed by atoms with Gasteiger partial charge >= 0.3 is 5.97 Å². The average Bonchev–Trinajstić information content (AvgIpc) is 2.71. The maximum atomic E-state index is 12.3. The fourth-order valence-corrected chi connectivity index (χ4v) is 3.08. The van der Waals surface area contributed by atoms with Crippen molar-refractivity contribution in [3.63, 3.8) is 0 Å². The minimum Gasteiger partial charge on any atom is -0.477 e. The number of aromatic nitrogens is 1. The molecule has 0 unspecified atom stereocenters. The van der Waals surface area contributed by atoms with E-state index in [2.05, 4.69) is 0 Å². The lowest BCUT2D eigenvalue weighted by Crippen LogP contribution is -2.29. The van der Waals surface area contributed by atoms with Crippen LogP contribution in [0.1, 0.15) is 16.9 Å². The molecular formula is C12H21N3O4S. The Morgan fingerprint density at radius 3 is 2.35 bits per heavy atom. The van der Waals surface area contributed by atoms with Crippen molar-refractivity contribution < 1.29 is 18.3 Å². The van der Waals surface area contributed by atoms with E-state index in [9.17, 15) is 13.2 Å². The molecule has 1 heterocycles. The summed E-state index contributed by atoms with van der Waals surface area (Å²) in [5, 5.41) is 8.95. The number of aromatic carboxylic acids is 1. The van der Waals surface area contributed by atoms with Crippen molar-refractivity contribution in [2.24, 2.45) is 7.05 Å². The Labute approximate surface area is 119 Å². The smallest absolute Gasteiger partial charge is 0.352 e. The standard InChI is InChI=1S/C12H21N3O4S/c1-13(2)6-5-7-15(4)20(18,19)10-8-11(12(16)17)14(3)9-10/h8-9H,5-7H2,1-4H3,(H,16,17). The third-order valence-corrected chi connectivity index (χ3v) is 4.81. The van der Waals surface area contributed by atoms with Crippen molar-refractivity contribution in [2.45, 2.75) is 11.3 Å². The summed E-state index contributed by atoms with van der Waals surface area (Å²) in [5.41, 5.74) is -0.0507. The van der Waals surface area contributed by atoms with Crippen molar-refractivity contribution >= 4 is 16.0 Å². The number of hydrogen-bond donors (Lipinski definition) is 1. The predicted octanol–water partition coefficient (Wildman–Crippen LogP) is 0.296. The van der Waals surface area contributed by atoms with E-state index in [1.807, 2.05) is 19.0 Å². The Hall–Kier alpha value is -1.38. The highest BCUT2D eigenvalue weighted by atomic mass is 32.2. The van der Waals surface area contributed by atoms with Gasteiger partial charge in [-0.15, -0.1) is 0 Å². The average molecular weight is 303 g/mol. The van der Waals surface area contributed by atoms with Crippen molar-refractivity contribution in [1.82, 2.24) is 13.8 Å². The van der Waals surface area contributed by atoms with E-state index in [-0.39, 0.29) is 10.6 Å². The van der Waals surface area contributed by atoms with Gasteiger partial charge in [-0.2, -0.15) is 0 Å². The first-order valence-electron chi connectivity index (χ1n) is 6.17. The van der Waals surface area contributed by atoms with Crippen molar-refractivity contribution in [3.05, 3.63) is 18.0 Å². The molecule has 1 aromatic rings. The molecule has 0 bridgehead atoms. The second kappa shape index (κ2) is 6.38. The van der Waals surface area contributed by atoms with Crippen LogP contribution in [-0.4, -0.2) is 67.5 Å². The highest BCUT2D eigenvalue weighted by molar-refractivity contribution is 7.89. The Balaban J connectivity index is 2.87. The maximum absolute atomic E-state index is 12.3. The zero-order chi connectivity index (χ0) is 15.5. The molecule has 0 aliphatic rings. The normalized spacial score (nSPS) is 12.3. The topological polar surface area (TPSA) is 82.8 Å². The van der Waals surface area contributed by atoms with Gasteiger partial charge in [0.15, 0.2) is 0 Å². The molecule has 1 aromatic heterocycles. The molecule has 8 heteroatoms. The van der Waals surface area contributed by atoms with Gasteiger partial charge in [0.2, 0.25) is 10.0 Å². The fourth-order valence-electron chi connectivity index (χ4n) is 1.80. The van der Waals surface area contributed by atoms with Crippen LogP contribution in [0.25, 0.3) is 0 Å². The monoisotopic (exact) mass is 303 g/mol. The first-order chi connectivity index (χ1) is 9.16. The van der Waals surface area contributed by atoms with Crippen LogP contribution in [0.15, 0.2) is 17.2 Å². The van der Waals surface area contributed by atoms with Gasteiger partial charge in [-0.25, -0.2) is 17.5 Å². The summed E-state index contributed by atoms with van der Waals surface area (Å²) < 4.78 is 27.1. The van der Waals surface area contributed by atoms with Crippen LogP contribution >= 0.6 is 0 Å². The van der Waals surface area contributed by atoms with Crippen molar-refractivity contribution in [2.75, 3.05) is 34.2 Å². The highest BCUT2D eigenvalue weighted by Gasteiger charge is 2.24. The predicted molar refractivity (Wildman–Crippen MR) is 75.4 cm³/mol. The van der Waals surface area contributed by atoms with Gasteiger partial charge in [0, 0.05) is 26.8 Å². The van der Waals surface area contributed by atoms with Crippen LogP contribution in [0.4, 0.5) is 0 Å². The first kappa shape index (κ1) is 16.7. The second-order valence-corrected chi connectivity index (χ2v) is 7.01. The lowest BCUT2D eigenvalue weighted by molar-refractivity contribution is 0.0686. The van der Waals surface area contributed by atoms with Crippen LogP contribution in [0.5, 0.6) is 0 Å². The van der Waals surface area contributed by atoms with Gasteiger partial charge < -0.3 is 14.6 Å². The minimum absolute atomic E-state index is 0.00440. The third kappa shape index (κ3) is 3.81. The van der Waals surface area contributed by atoms with Crippen LogP contribution < -0.4 is 0 Å². The first-order valence-corrected chi connectivity index (χ1v) is 7.61. The number of carbonyl (C=O) groups is 1. The molecule has 0 radical (unpaired) electrons. The van der Waals surface area contributed by atoms with E-state index < -0.39 is 16.0 Å². The summed E-state index contributed by atoms with van der Waals surface area (Å²) in [4.78, 5) is 12.9. The molecule has 0 atom stereocenters. The van der Waals surface area contributed by atoms with Gasteiger partial charge in [0.25, 0.3) is 0 Å². The maximum Gasteiger partial charge on any atom is 0.352 e. The summed E-state index contributed by atoms with van der Waals surface area (Å²) >= 11 is 0. The number of nitrogens with zero attached hydrogens (tertiary/aromatic N) is 3. The Morgan fingerprint density at radius 1 is 1.30 bits per heavy atom. The summed E-state index contributed by atoms with van der Waals surface area (Å²) in [6, 6.07) is 1.18. The SMILES string of the molecule is CN(C)CCCN(C)S(=O)(=O)c1cc(C(=O)O)n(C)c1. The quantitative estimate of drug-likeness (QED) is 0.783. The van der Waals surface area contributed by atoms with Gasteiger partial charge in [-0.05, 0) is 33.1 Å². The molecule has 0 aliphatic carbocycles. The molecule has 1 N–H and O–H groups in total. The van der Waals surface area contributed by atoms with Gasteiger partial charge in [-0.3, -0.25) is 0 Å². The Kier molecular flexibility index (Phi) is 5.32. The Morgan fingerprint density at radius 2 is 1.90 bits per heavy atom. The summed E-state index contributed by atoms with van der Waals surface area (Å²) in [6.07, 6.45) is 2.03. The van der Waals surface area contributed by atoms with Crippen LogP contribution in [-0.2, 0) is 17.1 Å². The number of carboxylic acids is 1. The van der Waals surface area contributed by atoms with Crippen molar-refractivity contribution in [1.29, 1.82) is 0 Å². The number of hydrogen-bond acceptors (Lipinski definition) is 4. The number of carboxylic acid groups (broad SMARTS) is 1. The van der Waals surface area contributed by atoms with E-state index in [4.69, 9.17) is 5.11 Å². The molecule has 0 saturated heterocycles. The van der Waals surface area contributed by atoms with E-state index in [1.54, 1.807) is 0 Å². The van der Waals surface area contributed by atoms with E-state index in [1.165, 1.54) is 35.2 Å². The van der Waals surface area contributed by atoms with Crippen LogP contribution in [0.2, 0.25) is 0 Å². The number of sulfonamides is 1. The van der Waals surface area contributed by atoms with E-state index >= 15 is 0 Å². The lowest BCUT2D eigenvalue weighted by atomic mass is 10.4. The van der Waals surface area contributed by atoms with E-state index in [0.717, 1.165) is 6.54 Å². The molecule has 20 heavy (non-hydrogen) atoms. The largest absolute Gasteiger partial charge is 0.477 e. The van der Waals surface area contributed by atoms with Gasteiger partial charge in [0.05, 0.1) is 0 Å². The van der Waals surface area contributed by atoms with Crippen LogP contribution in [0.3, 0.4) is 0 Å². The molecule has 0 saturated carbocycles. The second-order valence-electron chi connectivity index (χ2n) is 4.96. The Bertz CT molecular complexity index is 578. The molecular weight excluding hydrogens is 282 g/mol. The number of rotatable bonds is 7. The summed E-state index contributed by atoms with van der Waals surface area (Å²) in [5.74, 6) is -1.15. The molecule has 0 aliphatic heterocycles. The summed E-state index contributed by atoms with van der Waals surface area (Å²) in [6.45, 7) is 1.17. The molecule has 1 rings (SSSR count). The fraction of sp³-hybridized carbons (Fsp3) is 0.583. The minimum atomic E-state index is -3.64. The zero-order valence-electron chi connectivity index (χ0n) is 12.2. The van der Waals surface area contributed by atoms with E-state index in [0.29, 0.717) is 13.0 Å². The zero-order valence-corrected chi connectivity index (χ0v) is 13.0. The third-order valence-electron chi connectivity index (χ3n) is 2.99. The van der Waals surface area contributed by atoms with Crippen LogP contribution in [0, 0.1) is 0 Å². The highest BCUT2D eigenvalue weighted by Crippen LogP contribution is 2.17. The van der Waals surface area contributed by atoms with Gasteiger partial charge in [-0.1, -0.05) is 0 Å². The molecule has 0 aromatic carbocycles. The lowest BCUT2D eigenvalue weighted by Gasteiger charge is -2.17. The molecule has 7 nitrogen and oxygen atoms in total. The molecule has 0 amide bonds. The van der Waals surface area contributed by atoms with Gasteiger partial charge in [0.1, 0.15) is 10.6 Å². The molecule has 0 spiro atoms. The summed E-state index contributed by atoms with van der Waals surface area (Å²) in [7, 11) is 3.21.